The van der Waals surface area contributed by atoms with Crippen LogP contribution in [-0.2, 0) is 6.54 Å². The van der Waals surface area contributed by atoms with Gasteiger partial charge in [-0.2, -0.15) is 10.5 Å². The van der Waals surface area contributed by atoms with E-state index >= 15 is 0 Å². The zero-order valence-corrected chi connectivity index (χ0v) is 13.7. The average Bonchev–Trinajstić information content (AvgIpc) is 2.83. The van der Waals surface area contributed by atoms with E-state index in [1.54, 1.807) is 18.2 Å². The number of allylic oxidation sites excluding steroid dienone is 2. The van der Waals surface area contributed by atoms with Crippen LogP contribution < -0.4 is 9.47 Å². The minimum atomic E-state index is -0.737. The van der Waals surface area contributed by atoms with Crippen LogP contribution in [0, 0.1) is 45.6 Å². The standard InChI is InChI=1S/C18H14N4O3/c1-24-17-4-3-5-18(25-2)16(17)12-22(23)11-14-7-6-13(9-19)8-15(10-20)21-14/h3-5,8,11,13H,12H2,1-2H3/b22-11-. The first-order valence-corrected chi connectivity index (χ1v) is 7.21. The Labute approximate surface area is 145 Å². The van der Waals surface area contributed by atoms with Crippen LogP contribution in [0.15, 0.2) is 35.0 Å². The maximum Gasteiger partial charge on any atom is 0.209 e. The van der Waals surface area contributed by atoms with Gasteiger partial charge in [-0.3, -0.25) is 0 Å². The lowest BCUT2D eigenvalue weighted by atomic mass is 10.1. The molecule has 0 N–H and O–H groups in total. The number of rotatable bonds is 5. The Morgan fingerprint density at radius 3 is 2.56 bits per heavy atom. The molecule has 2 rings (SSSR count). The highest BCUT2D eigenvalue weighted by molar-refractivity contribution is 6.37. The summed E-state index contributed by atoms with van der Waals surface area (Å²) in [6.45, 7) is -0.0544. The van der Waals surface area contributed by atoms with E-state index in [0.717, 1.165) is 0 Å². The Morgan fingerprint density at radius 2 is 2.00 bits per heavy atom. The van der Waals surface area contributed by atoms with Gasteiger partial charge in [0.2, 0.25) is 6.21 Å². The van der Waals surface area contributed by atoms with E-state index in [4.69, 9.17) is 20.0 Å². The van der Waals surface area contributed by atoms with E-state index in [0.29, 0.717) is 21.8 Å². The molecule has 1 unspecified atom stereocenters. The van der Waals surface area contributed by atoms with Crippen molar-refractivity contribution in [3.05, 3.63) is 40.7 Å². The Kier molecular flexibility index (Phi) is 5.77. The molecule has 0 aromatic heterocycles. The fourth-order valence-corrected chi connectivity index (χ4v) is 2.16. The summed E-state index contributed by atoms with van der Waals surface area (Å²) in [7, 11) is 3.01. The smallest absolute Gasteiger partial charge is 0.209 e. The molecule has 1 heterocycles. The second-order valence-electron chi connectivity index (χ2n) is 4.88. The van der Waals surface area contributed by atoms with E-state index in [1.165, 1.54) is 26.5 Å². The second-order valence-corrected chi connectivity index (χ2v) is 4.88. The van der Waals surface area contributed by atoms with Gasteiger partial charge in [-0.05, 0) is 24.1 Å². The van der Waals surface area contributed by atoms with Crippen LogP contribution in [0.1, 0.15) is 5.56 Å². The normalized spacial score (nSPS) is 16.2. The fraction of sp³-hybridized carbons (Fsp3) is 0.222. The second kappa shape index (κ2) is 8.19. The minimum absolute atomic E-state index is 0.0265. The molecule has 0 aliphatic carbocycles. The van der Waals surface area contributed by atoms with Crippen molar-refractivity contribution in [2.75, 3.05) is 14.2 Å². The first kappa shape index (κ1) is 17.6. The lowest BCUT2D eigenvalue weighted by molar-refractivity contribution is -0.468. The number of hydrogen-bond acceptors (Lipinski definition) is 6. The van der Waals surface area contributed by atoms with E-state index in [9.17, 15) is 5.21 Å². The van der Waals surface area contributed by atoms with Crippen LogP contribution in [0.25, 0.3) is 0 Å². The van der Waals surface area contributed by atoms with Gasteiger partial charge in [-0.15, -0.1) is 0 Å². The summed E-state index contributed by atoms with van der Waals surface area (Å²) < 4.78 is 11.1. The van der Waals surface area contributed by atoms with Crippen molar-refractivity contribution in [3.8, 4) is 35.5 Å². The van der Waals surface area contributed by atoms with E-state index < -0.39 is 5.92 Å². The van der Waals surface area contributed by atoms with Crippen molar-refractivity contribution in [2.45, 2.75) is 6.54 Å². The molecule has 0 bridgehead atoms. The monoisotopic (exact) mass is 334 g/mol. The Hall–Kier alpha value is -3.76. The van der Waals surface area contributed by atoms with E-state index in [1.807, 2.05) is 12.1 Å². The largest absolute Gasteiger partial charge is 0.623 e. The molecule has 25 heavy (non-hydrogen) atoms. The van der Waals surface area contributed by atoms with Crippen molar-refractivity contribution in [2.24, 2.45) is 10.9 Å². The molecule has 0 fully saturated rings. The molecule has 0 saturated heterocycles. The van der Waals surface area contributed by atoms with Crippen molar-refractivity contribution in [1.29, 1.82) is 10.5 Å². The third-order valence-electron chi connectivity index (χ3n) is 3.28. The molecule has 0 spiro atoms. The number of ether oxygens (including phenoxy) is 2. The molecule has 1 aromatic carbocycles. The molecule has 1 aliphatic heterocycles. The number of aliphatic imine (C=N–C) groups is 1. The van der Waals surface area contributed by atoms with Crippen LogP contribution >= 0.6 is 0 Å². The van der Waals surface area contributed by atoms with Crippen LogP contribution in [-0.4, -0.2) is 30.9 Å². The Bertz CT molecular complexity index is 883. The molecule has 7 heteroatoms. The van der Waals surface area contributed by atoms with Crippen LogP contribution in [0.2, 0.25) is 0 Å². The summed E-state index contributed by atoms with van der Waals surface area (Å²) in [5.74, 6) is 5.58. The first-order valence-electron chi connectivity index (χ1n) is 7.21. The lowest BCUT2D eigenvalue weighted by Gasteiger charge is -2.12. The fourth-order valence-electron chi connectivity index (χ4n) is 2.16. The maximum atomic E-state index is 12.3. The molecular weight excluding hydrogens is 320 g/mol. The minimum Gasteiger partial charge on any atom is -0.623 e. The Balaban J connectivity index is 2.34. The molecule has 0 amide bonds. The van der Waals surface area contributed by atoms with Crippen LogP contribution in [0.5, 0.6) is 11.5 Å². The predicted octanol–water partition coefficient (Wildman–Crippen LogP) is 1.79. The van der Waals surface area contributed by atoms with Gasteiger partial charge in [-0.1, -0.05) is 12.0 Å². The molecule has 0 radical (unpaired) electrons. The van der Waals surface area contributed by atoms with E-state index in [2.05, 4.69) is 16.8 Å². The quantitative estimate of drug-likeness (QED) is 0.268. The van der Waals surface area contributed by atoms with Crippen LogP contribution in [0.4, 0.5) is 0 Å². The number of nitrogens with zero attached hydrogens (tertiary/aromatic N) is 4. The molecule has 7 nitrogen and oxygen atoms in total. The molecular formula is C18H14N4O3. The first-order chi connectivity index (χ1) is 12.1. The molecule has 1 atom stereocenters. The van der Waals surface area contributed by atoms with Crippen molar-refractivity contribution >= 4 is 11.9 Å². The van der Waals surface area contributed by atoms with Gasteiger partial charge in [0.15, 0.2) is 12.3 Å². The third-order valence-corrected chi connectivity index (χ3v) is 3.28. The van der Waals surface area contributed by atoms with Gasteiger partial charge in [0.05, 0.1) is 20.3 Å². The molecule has 1 aliphatic rings. The van der Waals surface area contributed by atoms with Gasteiger partial charge in [-0.25, -0.2) is 9.73 Å². The van der Waals surface area contributed by atoms with Gasteiger partial charge in [0, 0.05) is 0 Å². The summed E-state index contributed by atoms with van der Waals surface area (Å²) in [6.07, 6.45) is 2.52. The summed E-state index contributed by atoms with van der Waals surface area (Å²) >= 11 is 0. The van der Waals surface area contributed by atoms with Crippen LogP contribution in [0.3, 0.4) is 0 Å². The summed E-state index contributed by atoms with van der Waals surface area (Å²) in [6, 6.07) is 9.01. The van der Waals surface area contributed by atoms with E-state index in [-0.39, 0.29) is 18.0 Å². The number of nitriles is 2. The van der Waals surface area contributed by atoms with Gasteiger partial charge >= 0.3 is 0 Å². The van der Waals surface area contributed by atoms with Crippen molar-refractivity contribution in [1.82, 2.24) is 0 Å². The number of benzene rings is 1. The molecule has 0 saturated carbocycles. The highest BCUT2D eigenvalue weighted by Crippen LogP contribution is 2.28. The van der Waals surface area contributed by atoms with Gasteiger partial charge in [0.1, 0.15) is 34.7 Å². The highest BCUT2D eigenvalue weighted by atomic mass is 16.5. The maximum absolute atomic E-state index is 12.3. The topological polar surface area (TPSA) is 104 Å². The summed E-state index contributed by atoms with van der Waals surface area (Å²) in [5.41, 5.74) is 0.708. The van der Waals surface area contributed by atoms with Gasteiger partial charge < -0.3 is 14.7 Å². The molecule has 124 valence electrons. The molecule has 1 aromatic rings. The predicted molar refractivity (Wildman–Crippen MR) is 91.0 cm³/mol. The summed E-state index contributed by atoms with van der Waals surface area (Å²) in [5, 5.41) is 30.3. The zero-order chi connectivity index (χ0) is 18.2. The van der Waals surface area contributed by atoms with Gasteiger partial charge in [0.25, 0.3) is 0 Å². The Morgan fingerprint density at radius 1 is 1.32 bits per heavy atom. The van der Waals surface area contributed by atoms with Crippen molar-refractivity contribution in [3.63, 3.8) is 0 Å². The number of hydroxylamine groups is 1. The third kappa shape index (κ3) is 4.37. The van der Waals surface area contributed by atoms with Crippen molar-refractivity contribution < 1.29 is 14.2 Å². The number of methoxy groups -OCH3 is 2. The average molecular weight is 334 g/mol. The zero-order valence-electron chi connectivity index (χ0n) is 13.7. The summed E-state index contributed by atoms with van der Waals surface area (Å²) in [4.78, 5) is 3.99. The highest BCUT2D eigenvalue weighted by Gasteiger charge is 2.14. The number of hydrogen-bond donors (Lipinski definition) is 0. The SMILES string of the molecule is COc1cccc(OC)c1C/[N+]([O-])=C/C1=NC(C#N)=CC(C#N)C#C1. The lowest BCUT2D eigenvalue weighted by Crippen LogP contribution is -2.12.